The molecular weight excluding hydrogens is 935 g/mol. The van der Waals surface area contributed by atoms with Crippen LogP contribution in [-0.2, 0) is 40.0 Å². The van der Waals surface area contributed by atoms with Crippen molar-refractivity contribution in [1.82, 2.24) is 35.3 Å². The topological polar surface area (TPSA) is 265 Å². The van der Waals surface area contributed by atoms with E-state index in [-0.39, 0.29) is 29.5 Å². The van der Waals surface area contributed by atoms with Gasteiger partial charge in [0.15, 0.2) is 16.9 Å². The van der Waals surface area contributed by atoms with Crippen molar-refractivity contribution in [2.45, 2.75) is 102 Å². The molecule has 5 aromatic rings. The van der Waals surface area contributed by atoms with Crippen LogP contribution in [0.2, 0.25) is 0 Å². The zero-order valence-corrected chi connectivity index (χ0v) is 41.0. The first-order chi connectivity index (χ1) is 33.9. The molecule has 2 aliphatic rings. The Balaban J connectivity index is 1.12. The van der Waals surface area contributed by atoms with E-state index in [2.05, 4.69) is 36.2 Å². The van der Waals surface area contributed by atoms with E-state index in [1.807, 2.05) is 81.4 Å². The van der Waals surface area contributed by atoms with Gasteiger partial charge in [-0.15, -0.1) is 11.3 Å². The summed E-state index contributed by atoms with van der Waals surface area (Å²) >= 11 is 0.969. The SMILES string of the molecule is CC(C)(C)OC(=O)Nc1nc(/C(=N/OC(COc2ccc(C(N)=NC3CCN(C(=O)OC(C)(C)C)CC3)cc2)C(=O)OC(c2ccccc2)c2ccccc2)C(=O)N[C@@H]2C(=O)N[C@@H]2Cn2cncn2)cs1. The Morgan fingerprint density at radius 2 is 1.55 bits per heavy atom. The average Bonchev–Trinajstić information content (AvgIpc) is 4.03. The van der Waals surface area contributed by atoms with E-state index < -0.39 is 71.7 Å². The lowest BCUT2D eigenvalue weighted by Gasteiger charge is -2.36. The normalized spacial score (nSPS) is 17.1. The lowest BCUT2D eigenvalue weighted by Crippen LogP contribution is -2.70. The number of carbonyl (C=O) groups excluding carboxylic acids is 5. The molecule has 0 spiro atoms. The van der Waals surface area contributed by atoms with Crippen molar-refractivity contribution in [2.75, 3.05) is 25.0 Å². The molecule has 3 atom stereocenters. The minimum absolute atomic E-state index is 0.0609. The molecule has 22 heteroatoms. The number of β-lactam (4-membered cyclic amide) rings is 1. The van der Waals surface area contributed by atoms with Crippen LogP contribution in [0.25, 0.3) is 0 Å². The van der Waals surface area contributed by atoms with Crippen molar-refractivity contribution in [3.63, 3.8) is 0 Å². The number of nitrogens with two attached hydrogens (primary N) is 1. The fraction of sp³-hybridized carbons (Fsp3) is 0.388. The molecule has 374 valence electrons. The summed E-state index contributed by atoms with van der Waals surface area (Å²) in [6.07, 6.45) is 0.429. The standard InChI is InChI=1S/C49H57N11O10S/c1-48(2,3)68-46(64)57-45-55-36(27-71-45)39(43(62)56-38-35(54-42(38)61)25-60-29-51-28-52-60)58-70-37(44(63)67-40(30-13-9-7-10-14-30)31-15-11-8-12-16-31)26-66-34-19-17-32(18-20-34)41(50)53-33-21-23-59(24-22-33)47(65)69-49(4,5)6/h7-20,27-29,33,35,37-38,40H,21-26H2,1-6H3,(H2,50,53)(H,54,61)(H,56,62)(H,55,57,64)/b58-39-/t35-,37?,38+/m1/s1. The predicted molar refractivity (Wildman–Crippen MR) is 262 cm³/mol. The molecule has 5 N–H and O–H groups in total. The minimum atomic E-state index is -1.60. The lowest BCUT2D eigenvalue weighted by molar-refractivity contribution is -0.163. The van der Waals surface area contributed by atoms with Crippen LogP contribution in [0.4, 0.5) is 14.7 Å². The van der Waals surface area contributed by atoms with Gasteiger partial charge in [0.2, 0.25) is 5.91 Å². The Labute approximate surface area is 414 Å². The molecule has 2 aliphatic heterocycles. The van der Waals surface area contributed by atoms with Crippen molar-refractivity contribution in [3.8, 4) is 5.75 Å². The van der Waals surface area contributed by atoms with Crippen LogP contribution in [0, 0.1) is 0 Å². The molecule has 71 heavy (non-hydrogen) atoms. The molecule has 0 aliphatic carbocycles. The highest BCUT2D eigenvalue weighted by molar-refractivity contribution is 7.14. The van der Waals surface area contributed by atoms with Gasteiger partial charge in [-0.25, -0.2) is 24.4 Å². The van der Waals surface area contributed by atoms with Gasteiger partial charge in [0.1, 0.15) is 53.8 Å². The summed E-state index contributed by atoms with van der Waals surface area (Å²) in [5, 5.41) is 17.8. The number of amidine groups is 1. The van der Waals surface area contributed by atoms with Gasteiger partial charge in [-0.1, -0.05) is 65.8 Å². The number of aliphatic imine (C=N–C) groups is 1. The van der Waals surface area contributed by atoms with Gasteiger partial charge in [-0.2, -0.15) is 5.10 Å². The number of ether oxygens (including phenoxy) is 4. The van der Waals surface area contributed by atoms with Crippen LogP contribution in [0.1, 0.15) is 82.9 Å². The van der Waals surface area contributed by atoms with Crippen molar-refractivity contribution in [1.29, 1.82) is 0 Å². The molecule has 0 bridgehead atoms. The minimum Gasteiger partial charge on any atom is -0.489 e. The third kappa shape index (κ3) is 14.6. The maximum absolute atomic E-state index is 14.4. The third-order valence-electron chi connectivity index (χ3n) is 10.7. The summed E-state index contributed by atoms with van der Waals surface area (Å²) in [4.78, 5) is 87.3. The first-order valence-corrected chi connectivity index (χ1v) is 23.7. The molecular formula is C49H57N11O10S. The van der Waals surface area contributed by atoms with Gasteiger partial charge in [-0.05, 0) is 89.8 Å². The Kier molecular flexibility index (Phi) is 16.3. The Bertz CT molecular complexity index is 2640. The summed E-state index contributed by atoms with van der Waals surface area (Å²) in [6.45, 7) is 11.3. The highest BCUT2D eigenvalue weighted by atomic mass is 32.1. The monoisotopic (exact) mass is 991 g/mol. The number of anilines is 1. The molecule has 0 saturated carbocycles. The number of hydrogen-bond acceptors (Lipinski definition) is 16. The maximum atomic E-state index is 14.4. The number of amides is 4. The van der Waals surface area contributed by atoms with E-state index in [4.69, 9.17) is 34.5 Å². The smallest absolute Gasteiger partial charge is 0.413 e. The maximum Gasteiger partial charge on any atom is 0.413 e. The van der Waals surface area contributed by atoms with Crippen LogP contribution in [0.5, 0.6) is 5.75 Å². The fourth-order valence-electron chi connectivity index (χ4n) is 7.24. The number of nitrogens with one attached hydrogen (secondary N) is 3. The number of hydrogen-bond donors (Lipinski definition) is 4. The number of carbonyl (C=O) groups is 5. The highest BCUT2D eigenvalue weighted by Gasteiger charge is 2.42. The number of piperidine rings is 1. The van der Waals surface area contributed by atoms with Gasteiger partial charge in [0.25, 0.3) is 12.0 Å². The fourth-order valence-corrected chi connectivity index (χ4v) is 7.92. The lowest BCUT2D eigenvalue weighted by atomic mass is 9.98. The Morgan fingerprint density at radius 1 is 0.901 bits per heavy atom. The first-order valence-electron chi connectivity index (χ1n) is 22.9. The van der Waals surface area contributed by atoms with Gasteiger partial charge in [0, 0.05) is 24.0 Å². The number of likely N-dealkylation sites (tertiary alicyclic amines) is 1. The van der Waals surface area contributed by atoms with Crippen LogP contribution < -0.4 is 26.4 Å². The van der Waals surface area contributed by atoms with Crippen LogP contribution in [-0.4, -0.2) is 121 Å². The van der Waals surface area contributed by atoms with Crippen LogP contribution in [0.15, 0.2) is 113 Å². The second-order valence-corrected chi connectivity index (χ2v) is 19.4. The zero-order chi connectivity index (χ0) is 50.7. The van der Waals surface area contributed by atoms with E-state index >= 15 is 0 Å². The number of nitrogens with zero attached hydrogens (tertiary/aromatic N) is 7. The predicted octanol–water partition coefficient (Wildman–Crippen LogP) is 5.37. The number of thiazole rings is 1. The molecule has 4 amide bonds. The summed E-state index contributed by atoms with van der Waals surface area (Å²) < 4.78 is 24.7. The van der Waals surface area contributed by atoms with Gasteiger partial charge in [0.05, 0.1) is 18.6 Å². The first kappa shape index (κ1) is 51.0. The number of benzene rings is 3. The molecule has 2 aromatic heterocycles. The van der Waals surface area contributed by atoms with Gasteiger partial charge < -0.3 is 45.1 Å². The molecule has 4 heterocycles. The largest absolute Gasteiger partial charge is 0.489 e. The van der Waals surface area contributed by atoms with Crippen molar-refractivity contribution < 1.29 is 47.8 Å². The number of rotatable bonds is 17. The molecule has 7 rings (SSSR count). The van der Waals surface area contributed by atoms with E-state index in [1.54, 1.807) is 49.9 Å². The van der Waals surface area contributed by atoms with Gasteiger partial charge >= 0.3 is 18.2 Å². The van der Waals surface area contributed by atoms with Gasteiger partial charge in [-0.3, -0.25) is 24.6 Å². The third-order valence-corrected chi connectivity index (χ3v) is 11.4. The summed E-state index contributed by atoms with van der Waals surface area (Å²) in [6, 6.07) is 23.3. The summed E-state index contributed by atoms with van der Waals surface area (Å²) in [5.74, 6) is -1.61. The van der Waals surface area contributed by atoms with Crippen LogP contribution >= 0.6 is 11.3 Å². The van der Waals surface area contributed by atoms with E-state index in [9.17, 15) is 24.0 Å². The summed E-state index contributed by atoms with van der Waals surface area (Å²) in [5.41, 5.74) is 6.52. The van der Waals surface area contributed by atoms with Crippen molar-refractivity contribution in [3.05, 3.63) is 125 Å². The molecule has 3 aromatic carbocycles. The molecule has 1 unspecified atom stereocenters. The zero-order valence-electron chi connectivity index (χ0n) is 40.1. The summed E-state index contributed by atoms with van der Waals surface area (Å²) in [7, 11) is 0. The van der Waals surface area contributed by atoms with Crippen LogP contribution in [0.3, 0.4) is 0 Å². The second-order valence-electron chi connectivity index (χ2n) is 18.6. The highest BCUT2D eigenvalue weighted by Crippen LogP contribution is 2.28. The Morgan fingerprint density at radius 3 is 2.14 bits per heavy atom. The quantitative estimate of drug-likeness (QED) is 0.0228. The number of esters is 1. The van der Waals surface area contributed by atoms with E-state index in [0.29, 0.717) is 54.2 Å². The molecule has 21 nitrogen and oxygen atoms in total. The van der Waals surface area contributed by atoms with E-state index in [1.165, 1.54) is 22.7 Å². The second kappa shape index (κ2) is 22.7. The molecule has 2 saturated heterocycles. The number of aromatic nitrogens is 4. The molecule has 2 fully saturated rings. The Hall–Kier alpha value is -7.88. The number of oxime groups is 1. The average molecular weight is 992 g/mol. The van der Waals surface area contributed by atoms with E-state index in [0.717, 1.165) is 11.3 Å². The molecule has 0 radical (unpaired) electrons. The van der Waals surface area contributed by atoms with Crippen molar-refractivity contribution in [2.24, 2.45) is 15.9 Å². The van der Waals surface area contributed by atoms with Crippen molar-refractivity contribution >= 4 is 58.0 Å².